The summed E-state index contributed by atoms with van der Waals surface area (Å²) >= 11 is 0. The average molecular weight is 340 g/mol. The van der Waals surface area contributed by atoms with E-state index in [-0.39, 0.29) is 0 Å². The molecule has 1 unspecified atom stereocenters. The molecule has 0 aliphatic carbocycles. The zero-order valence-corrected chi connectivity index (χ0v) is 14.4. The lowest BCUT2D eigenvalue weighted by atomic mass is 10.1. The predicted octanol–water partition coefficient (Wildman–Crippen LogP) is 3.44. The molecule has 0 radical (unpaired) electrons. The minimum atomic E-state index is -1.24. The summed E-state index contributed by atoms with van der Waals surface area (Å²) in [4.78, 5) is 11.9. The molecular weight excluding hydrogens is 316 g/mol. The van der Waals surface area contributed by atoms with Crippen LogP contribution < -0.4 is 10.2 Å². The number of benzene rings is 2. The molecule has 1 amide bonds. The number of rotatable bonds is 9. The summed E-state index contributed by atoms with van der Waals surface area (Å²) in [6.45, 7) is 2.88. The van der Waals surface area contributed by atoms with Crippen molar-refractivity contribution in [3.05, 3.63) is 65.7 Å². The number of amides is 1. The minimum absolute atomic E-state index is 0.528. The van der Waals surface area contributed by atoms with Crippen LogP contribution in [0.5, 0.6) is 5.75 Å². The Hall–Kier alpha value is -2.66. The largest absolute Gasteiger partial charge is 0.494 e. The van der Waals surface area contributed by atoms with Gasteiger partial charge < -0.3 is 9.84 Å². The second-order valence-corrected chi connectivity index (χ2v) is 5.67. The van der Waals surface area contributed by atoms with Gasteiger partial charge >= 0.3 is 0 Å². The van der Waals surface area contributed by atoms with Crippen molar-refractivity contribution in [2.45, 2.75) is 32.3 Å². The molecule has 2 aromatic carbocycles. The van der Waals surface area contributed by atoms with E-state index in [4.69, 9.17) is 4.74 Å². The third kappa shape index (κ3) is 6.39. The fraction of sp³-hybridized carbons (Fsp3) is 0.300. The maximum atomic E-state index is 11.9. The van der Waals surface area contributed by atoms with Crippen LogP contribution in [0.1, 0.15) is 43.4 Å². The highest BCUT2D eigenvalue weighted by Crippen LogP contribution is 2.13. The van der Waals surface area contributed by atoms with Gasteiger partial charge in [-0.1, -0.05) is 50.1 Å². The summed E-state index contributed by atoms with van der Waals surface area (Å²) < 4.78 is 5.64. The lowest BCUT2D eigenvalue weighted by Crippen LogP contribution is -2.25. The molecule has 5 heteroatoms. The van der Waals surface area contributed by atoms with Crippen molar-refractivity contribution in [3.63, 3.8) is 0 Å². The Morgan fingerprint density at radius 2 is 1.88 bits per heavy atom. The van der Waals surface area contributed by atoms with E-state index in [9.17, 15) is 9.90 Å². The normalized spacial score (nSPS) is 12.1. The molecule has 0 aliphatic heterocycles. The number of ether oxygens (including phenoxy) is 1. The third-order valence-electron chi connectivity index (χ3n) is 3.65. The van der Waals surface area contributed by atoms with E-state index in [1.54, 1.807) is 24.3 Å². The van der Waals surface area contributed by atoms with E-state index in [0.717, 1.165) is 17.7 Å². The first-order chi connectivity index (χ1) is 12.2. The Labute approximate surface area is 148 Å². The summed E-state index contributed by atoms with van der Waals surface area (Å²) in [5, 5.41) is 13.8. The van der Waals surface area contributed by atoms with Gasteiger partial charge in [0.15, 0.2) is 6.10 Å². The highest BCUT2D eigenvalue weighted by atomic mass is 16.5. The van der Waals surface area contributed by atoms with Gasteiger partial charge in [-0.15, -0.1) is 0 Å². The summed E-state index contributed by atoms with van der Waals surface area (Å²) in [6, 6.07) is 16.2. The molecular formula is C20H24N2O3. The lowest BCUT2D eigenvalue weighted by Gasteiger charge is -2.08. The molecule has 0 heterocycles. The Morgan fingerprint density at radius 1 is 1.16 bits per heavy atom. The highest BCUT2D eigenvalue weighted by Gasteiger charge is 2.15. The zero-order valence-electron chi connectivity index (χ0n) is 14.4. The standard InChI is InChI=1S/C20H24N2O3/c1-2-3-7-14-25-18-12-10-16(11-13-18)15-21-22-20(24)19(23)17-8-5-4-6-9-17/h4-6,8-13,15,19,23H,2-3,7,14H2,1H3,(H,22,24). The van der Waals surface area contributed by atoms with E-state index in [1.807, 2.05) is 30.3 Å². The Kier molecular flexibility index (Phi) is 7.66. The van der Waals surface area contributed by atoms with Gasteiger partial charge in [-0.25, -0.2) is 5.43 Å². The van der Waals surface area contributed by atoms with Crippen LogP contribution in [0, 0.1) is 0 Å². The van der Waals surface area contributed by atoms with Crippen molar-refractivity contribution in [3.8, 4) is 5.75 Å². The first kappa shape index (κ1) is 18.7. The van der Waals surface area contributed by atoms with E-state index in [1.165, 1.54) is 19.1 Å². The highest BCUT2D eigenvalue weighted by molar-refractivity contribution is 5.85. The van der Waals surface area contributed by atoms with Crippen LogP contribution in [-0.2, 0) is 4.79 Å². The fourth-order valence-electron chi connectivity index (χ4n) is 2.21. The Morgan fingerprint density at radius 3 is 2.56 bits per heavy atom. The van der Waals surface area contributed by atoms with E-state index in [0.29, 0.717) is 12.2 Å². The predicted molar refractivity (Wildman–Crippen MR) is 98.6 cm³/mol. The number of nitrogens with one attached hydrogen (secondary N) is 1. The van der Waals surface area contributed by atoms with Crippen LogP contribution in [0.2, 0.25) is 0 Å². The van der Waals surface area contributed by atoms with Crippen molar-refractivity contribution in [1.82, 2.24) is 5.43 Å². The van der Waals surface area contributed by atoms with Crippen LogP contribution in [0.4, 0.5) is 0 Å². The number of carbonyl (C=O) groups excluding carboxylic acids is 1. The minimum Gasteiger partial charge on any atom is -0.494 e. The molecule has 132 valence electrons. The number of aliphatic hydroxyl groups excluding tert-OH is 1. The van der Waals surface area contributed by atoms with Crippen LogP contribution in [0.25, 0.3) is 0 Å². The molecule has 0 spiro atoms. The molecule has 5 nitrogen and oxygen atoms in total. The third-order valence-corrected chi connectivity index (χ3v) is 3.65. The number of nitrogens with zero attached hydrogens (tertiary/aromatic N) is 1. The number of hydrogen-bond donors (Lipinski definition) is 2. The van der Waals surface area contributed by atoms with Crippen molar-refractivity contribution >= 4 is 12.1 Å². The summed E-state index contributed by atoms with van der Waals surface area (Å²) in [5.74, 6) is 0.245. The van der Waals surface area contributed by atoms with Gasteiger partial charge in [-0.2, -0.15) is 5.10 Å². The number of aliphatic hydroxyl groups is 1. The molecule has 1 atom stereocenters. The molecule has 25 heavy (non-hydrogen) atoms. The molecule has 0 aromatic heterocycles. The fourth-order valence-corrected chi connectivity index (χ4v) is 2.21. The molecule has 0 aliphatic rings. The van der Waals surface area contributed by atoms with Gasteiger partial charge in [0, 0.05) is 0 Å². The maximum absolute atomic E-state index is 11.9. The van der Waals surface area contributed by atoms with Gasteiger partial charge in [0.2, 0.25) is 0 Å². The average Bonchev–Trinajstić information content (AvgIpc) is 2.66. The molecule has 2 rings (SSSR count). The summed E-state index contributed by atoms with van der Waals surface area (Å²) in [7, 11) is 0. The van der Waals surface area contributed by atoms with Gasteiger partial charge in [0.1, 0.15) is 5.75 Å². The first-order valence-electron chi connectivity index (χ1n) is 8.49. The molecule has 0 saturated carbocycles. The van der Waals surface area contributed by atoms with Gasteiger partial charge in [-0.05, 0) is 41.8 Å². The van der Waals surface area contributed by atoms with Crippen molar-refractivity contribution in [2.24, 2.45) is 5.10 Å². The molecule has 2 aromatic rings. The topological polar surface area (TPSA) is 70.9 Å². The van der Waals surface area contributed by atoms with E-state index >= 15 is 0 Å². The quantitative estimate of drug-likeness (QED) is 0.417. The van der Waals surface area contributed by atoms with Crippen LogP contribution in [0.3, 0.4) is 0 Å². The van der Waals surface area contributed by atoms with Crippen molar-refractivity contribution < 1.29 is 14.6 Å². The van der Waals surface area contributed by atoms with Gasteiger partial charge in [0.25, 0.3) is 5.91 Å². The second kappa shape index (κ2) is 10.3. The van der Waals surface area contributed by atoms with Gasteiger partial charge in [0.05, 0.1) is 12.8 Å². The monoisotopic (exact) mass is 340 g/mol. The van der Waals surface area contributed by atoms with E-state index in [2.05, 4.69) is 17.5 Å². The van der Waals surface area contributed by atoms with Crippen LogP contribution in [-0.4, -0.2) is 23.8 Å². The molecule has 0 saturated heterocycles. The number of carbonyl (C=O) groups is 1. The SMILES string of the molecule is CCCCCOc1ccc(C=NNC(=O)C(O)c2ccccc2)cc1. The maximum Gasteiger partial charge on any atom is 0.273 e. The molecule has 0 fully saturated rings. The van der Waals surface area contributed by atoms with Crippen molar-refractivity contribution in [1.29, 1.82) is 0 Å². The Balaban J connectivity index is 1.80. The lowest BCUT2D eigenvalue weighted by molar-refractivity contribution is -0.129. The number of unbranched alkanes of at least 4 members (excludes halogenated alkanes) is 2. The second-order valence-electron chi connectivity index (χ2n) is 5.67. The van der Waals surface area contributed by atoms with Crippen molar-refractivity contribution in [2.75, 3.05) is 6.61 Å². The van der Waals surface area contributed by atoms with Gasteiger partial charge in [-0.3, -0.25) is 4.79 Å². The number of hydrogen-bond acceptors (Lipinski definition) is 4. The summed E-state index contributed by atoms with van der Waals surface area (Å²) in [6.07, 6.45) is 3.67. The van der Waals surface area contributed by atoms with Crippen LogP contribution >= 0.6 is 0 Å². The van der Waals surface area contributed by atoms with E-state index < -0.39 is 12.0 Å². The zero-order chi connectivity index (χ0) is 17.9. The van der Waals surface area contributed by atoms with Crippen LogP contribution in [0.15, 0.2) is 59.7 Å². The Bertz CT molecular complexity index is 669. The molecule has 2 N–H and O–H groups in total. The molecule has 0 bridgehead atoms. The summed E-state index contributed by atoms with van der Waals surface area (Å²) in [5.41, 5.74) is 3.70. The number of hydrazone groups is 1. The smallest absolute Gasteiger partial charge is 0.273 e. The first-order valence-corrected chi connectivity index (χ1v) is 8.49.